The molecule has 0 N–H and O–H groups in total. The summed E-state index contributed by atoms with van der Waals surface area (Å²) in [4.78, 5) is 7.43. The standard InChI is InChI=1S/C19H26N2/c1-3-21(4-2)19-17(15-10-6-5-7-11-15)14-16-12-8-9-13-18(16)20-19/h8-9,12-15H,3-7,10-11H2,1-2H3. The molecule has 2 aromatic rings. The maximum absolute atomic E-state index is 5.02. The van der Waals surface area contributed by atoms with Gasteiger partial charge in [-0.2, -0.15) is 0 Å². The Morgan fingerprint density at radius 2 is 1.76 bits per heavy atom. The summed E-state index contributed by atoms with van der Waals surface area (Å²) in [5.41, 5.74) is 2.61. The lowest BCUT2D eigenvalue weighted by molar-refractivity contribution is 0.443. The van der Waals surface area contributed by atoms with Crippen molar-refractivity contribution in [1.29, 1.82) is 0 Å². The third-order valence-corrected chi connectivity index (χ3v) is 4.84. The van der Waals surface area contributed by atoms with Crippen molar-refractivity contribution in [1.82, 2.24) is 4.98 Å². The van der Waals surface area contributed by atoms with E-state index in [1.54, 1.807) is 0 Å². The van der Waals surface area contributed by atoms with E-state index >= 15 is 0 Å². The lowest BCUT2D eigenvalue weighted by atomic mass is 9.83. The summed E-state index contributed by atoms with van der Waals surface area (Å²) in [5, 5.41) is 1.29. The van der Waals surface area contributed by atoms with Crippen molar-refractivity contribution in [3.05, 3.63) is 35.9 Å². The molecule has 1 aliphatic rings. The molecule has 0 saturated heterocycles. The fourth-order valence-corrected chi connectivity index (χ4v) is 3.61. The van der Waals surface area contributed by atoms with Gasteiger partial charge in [0.15, 0.2) is 0 Å². The number of rotatable bonds is 4. The summed E-state index contributed by atoms with van der Waals surface area (Å²) in [6.07, 6.45) is 6.80. The first kappa shape index (κ1) is 14.4. The van der Waals surface area contributed by atoms with Crippen molar-refractivity contribution < 1.29 is 0 Å². The van der Waals surface area contributed by atoms with Crippen LogP contribution in [-0.2, 0) is 0 Å². The zero-order valence-electron chi connectivity index (χ0n) is 13.3. The molecule has 1 fully saturated rings. The van der Waals surface area contributed by atoms with Crippen LogP contribution in [0.5, 0.6) is 0 Å². The van der Waals surface area contributed by atoms with Gasteiger partial charge in [-0.05, 0) is 50.3 Å². The first-order valence-corrected chi connectivity index (χ1v) is 8.48. The summed E-state index contributed by atoms with van der Waals surface area (Å²) in [5.74, 6) is 1.93. The number of fused-ring (bicyclic) bond motifs is 1. The lowest BCUT2D eigenvalue weighted by Gasteiger charge is -2.29. The first-order chi connectivity index (χ1) is 10.3. The highest BCUT2D eigenvalue weighted by Crippen LogP contribution is 2.38. The molecule has 1 saturated carbocycles. The molecule has 0 radical (unpaired) electrons. The first-order valence-electron chi connectivity index (χ1n) is 8.48. The number of hydrogen-bond acceptors (Lipinski definition) is 2. The molecule has 0 bridgehead atoms. The van der Waals surface area contributed by atoms with Crippen LogP contribution in [0, 0.1) is 0 Å². The van der Waals surface area contributed by atoms with Gasteiger partial charge in [0.05, 0.1) is 5.52 Å². The number of hydrogen-bond donors (Lipinski definition) is 0. The van der Waals surface area contributed by atoms with Crippen LogP contribution in [0.4, 0.5) is 5.82 Å². The zero-order valence-corrected chi connectivity index (χ0v) is 13.3. The summed E-state index contributed by atoms with van der Waals surface area (Å²) < 4.78 is 0. The highest BCUT2D eigenvalue weighted by Gasteiger charge is 2.22. The Morgan fingerprint density at radius 3 is 2.48 bits per heavy atom. The molecule has 1 aromatic carbocycles. The van der Waals surface area contributed by atoms with E-state index < -0.39 is 0 Å². The normalized spacial score (nSPS) is 16.3. The van der Waals surface area contributed by atoms with Crippen LogP contribution >= 0.6 is 0 Å². The number of para-hydroxylation sites is 1. The maximum atomic E-state index is 5.02. The minimum absolute atomic E-state index is 0.700. The molecule has 0 unspecified atom stereocenters. The molecule has 1 aliphatic carbocycles. The number of nitrogens with zero attached hydrogens (tertiary/aromatic N) is 2. The highest BCUT2D eigenvalue weighted by molar-refractivity contribution is 5.82. The van der Waals surface area contributed by atoms with Gasteiger partial charge in [-0.3, -0.25) is 0 Å². The van der Waals surface area contributed by atoms with Crippen LogP contribution in [-0.4, -0.2) is 18.1 Å². The van der Waals surface area contributed by atoms with Crippen LogP contribution in [0.2, 0.25) is 0 Å². The van der Waals surface area contributed by atoms with E-state index in [4.69, 9.17) is 4.98 Å². The number of aromatic nitrogens is 1. The minimum Gasteiger partial charge on any atom is -0.357 e. The smallest absolute Gasteiger partial charge is 0.132 e. The highest BCUT2D eigenvalue weighted by atomic mass is 15.2. The summed E-state index contributed by atoms with van der Waals surface area (Å²) in [6, 6.07) is 10.9. The van der Waals surface area contributed by atoms with E-state index in [2.05, 4.69) is 49.1 Å². The van der Waals surface area contributed by atoms with Gasteiger partial charge in [-0.25, -0.2) is 4.98 Å². The van der Waals surface area contributed by atoms with E-state index in [1.165, 1.54) is 48.9 Å². The van der Waals surface area contributed by atoms with Gasteiger partial charge in [0.25, 0.3) is 0 Å². The second-order valence-corrected chi connectivity index (χ2v) is 6.10. The second-order valence-electron chi connectivity index (χ2n) is 6.10. The fraction of sp³-hybridized carbons (Fsp3) is 0.526. The van der Waals surface area contributed by atoms with Crippen LogP contribution in [0.1, 0.15) is 57.4 Å². The molecule has 0 spiro atoms. The van der Waals surface area contributed by atoms with Crippen LogP contribution < -0.4 is 4.90 Å². The largest absolute Gasteiger partial charge is 0.357 e. The summed E-state index contributed by atoms with van der Waals surface area (Å²) in [6.45, 7) is 6.51. The van der Waals surface area contributed by atoms with Crippen molar-refractivity contribution in [2.75, 3.05) is 18.0 Å². The van der Waals surface area contributed by atoms with E-state index in [1.807, 2.05) is 0 Å². The predicted molar refractivity (Wildman–Crippen MR) is 91.1 cm³/mol. The Morgan fingerprint density at radius 1 is 1.05 bits per heavy atom. The minimum atomic E-state index is 0.700. The average Bonchev–Trinajstić information content (AvgIpc) is 2.56. The Hall–Kier alpha value is -1.57. The van der Waals surface area contributed by atoms with E-state index in [9.17, 15) is 0 Å². The van der Waals surface area contributed by atoms with Gasteiger partial charge in [-0.1, -0.05) is 37.5 Å². The fourth-order valence-electron chi connectivity index (χ4n) is 3.61. The molecule has 0 aliphatic heterocycles. The molecule has 21 heavy (non-hydrogen) atoms. The molecule has 112 valence electrons. The van der Waals surface area contributed by atoms with Gasteiger partial charge in [0.2, 0.25) is 0 Å². The summed E-state index contributed by atoms with van der Waals surface area (Å²) in [7, 11) is 0. The number of pyridine rings is 1. The number of anilines is 1. The number of benzene rings is 1. The van der Waals surface area contributed by atoms with Crippen molar-refractivity contribution >= 4 is 16.7 Å². The molecule has 0 atom stereocenters. The molecule has 0 amide bonds. The van der Waals surface area contributed by atoms with Crippen LogP contribution in [0.25, 0.3) is 10.9 Å². The summed E-state index contributed by atoms with van der Waals surface area (Å²) >= 11 is 0. The zero-order chi connectivity index (χ0) is 14.7. The molecule has 1 aromatic heterocycles. The third-order valence-electron chi connectivity index (χ3n) is 4.84. The Labute approximate surface area is 128 Å². The van der Waals surface area contributed by atoms with Gasteiger partial charge in [-0.15, -0.1) is 0 Å². The molecular formula is C19H26N2. The predicted octanol–water partition coefficient (Wildman–Crippen LogP) is 5.13. The van der Waals surface area contributed by atoms with E-state index in [0.29, 0.717) is 5.92 Å². The van der Waals surface area contributed by atoms with Crippen molar-refractivity contribution in [2.45, 2.75) is 51.9 Å². The lowest BCUT2D eigenvalue weighted by Crippen LogP contribution is -2.25. The Kier molecular flexibility index (Phi) is 4.42. The molecule has 1 heterocycles. The average molecular weight is 282 g/mol. The van der Waals surface area contributed by atoms with E-state index in [0.717, 1.165) is 18.6 Å². The molecule has 3 rings (SSSR count). The Balaban J connectivity index is 2.11. The molecular weight excluding hydrogens is 256 g/mol. The van der Waals surface area contributed by atoms with Gasteiger partial charge in [0, 0.05) is 18.5 Å². The van der Waals surface area contributed by atoms with Crippen molar-refractivity contribution in [3.8, 4) is 0 Å². The quantitative estimate of drug-likeness (QED) is 0.773. The van der Waals surface area contributed by atoms with Gasteiger partial charge < -0.3 is 4.90 Å². The monoisotopic (exact) mass is 282 g/mol. The molecule has 2 nitrogen and oxygen atoms in total. The Bertz CT molecular complexity index is 596. The SMILES string of the molecule is CCN(CC)c1nc2ccccc2cc1C1CCCCC1. The van der Waals surface area contributed by atoms with Gasteiger partial charge >= 0.3 is 0 Å². The van der Waals surface area contributed by atoms with Crippen LogP contribution in [0.3, 0.4) is 0 Å². The van der Waals surface area contributed by atoms with Crippen molar-refractivity contribution in [3.63, 3.8) is 0 Å². The van der Waals surface area contributed by atoms with Crippen LogP contribution in [0.15, 0.2) is 30.3 Å². The molecule has 2 heteroatoms. The second kappa shape index (κ2) is 6.46. The van der Waals surface area contributed by atoms with E-state index in [-0.39, 0.29) is 0 Å². The van der Waals surface area contributed by atoms with Crippen molar-refractivity contribution in [2.24, 2.45) is 0 Å². The topological polar surface area (TPSA) is 16.1 Å². The third kappa shape index (κ3) is 2.90. The maximum Gasteiger partial charge on any atom is 0.132 e. The van der Waals surface area contributed by atoms with Gasteiger partial charge in [0.1, 0.15) is 5.82 Å².